The van der Waals surface area contributed by atoms with Crippen LogP contribution in [0.1, 0.15) is 60.3 Å². The lowest BCUT2D eigenvalue weighted by atomic mass is 10.0. The van der Waals surface area contributed by atoms with E-state index in [4.69, 9.17) is 11.5 Å². The predicted molar refractivity (Wildman–Crippen MR) is 114 cm³/mol. The van der Waals surface area contributed by atoms with Crippen LogP contribution in [0.3, 0.4) is 0 Å². The molecule has 0 aliphatic rings. The van der Waals surface area contributed by atoms with Gasteiger partial charge in [-0.2, -0.15) is 0 Å². The van der Waals surface area contributed by atoms with Gasteiger partial charge in [-0.15, -0.1) is 0 Å². The Morgan fingerprint density at radius 1 is 0.867 bits per heavy atom. The zero-order chi connectivity index (χ0) is 23.4. The molecular weight excluding hydrogens is 390 g/mol. The predicted octanol–water partition coefficient (Wildman–Crippen LogP) is -0.296. The van der Waals surface area contributed by atoms with Gasteiger partial charge in [0.25, 0.3) is 0 Å². The first kappa shape index (κ1) is 27.8. The van der Waals surface area contributed by atoms with E-state index in [-0.39, 0.29) is 11.8 Å². The first-order valence-electron chi connectivity index (χ1n) is 10.5. The number of amides is 3. The van der Waals surface area contributed by atoms with Gasteiger partial charge in [0.1, 0.15) is 18.1 Å². The number of hydrogen-bond acceptors (Lipinski definition) is 6. The van der Waals surface area contributed by atoms with Crippen LogP contribution in [0.25, 0.3) is 0 Å². The van der Waals surface area contributed by atoms with Gasteiger partial charge in [-0.05, 0) is 51.0 Å². The minimum atomic E-state index is -1.15. The van der Waals surface area contributed by atoms with Gasteiger partial charge in [0, 0.05) is 0 Å². The van der Waals surface area contributed by atoms with E-state index in [1.165, 1.54) is 6.92 Å². The van der Waals surface area contributed by atoms with Crippen molar-refractivity contribution in [3.05, 3.63) is 0 Å². The summed E-state index contributed by atoms with van der Waals surface area (Å²) in [6, 6.07) is -3.64. The summed E-state index contributed by atoms with van der Waals surface area (Å²) < 4.78 is 0. The Hall–Kier alpha value is -2.20. The molecule has 0 aromatic carbocycles. The fourth-order valence-electron chi connectivity index (χ4n) is 2.83. The average Bonchev–Trinajstić information content (AvgIpc) is 2.63. The molecule has 174 valence electrons. The molecule has 0 saturated carbocycles. The topological polar surface area (TPSA) is 177 Å². The number of nitrogens with one attached hydrogen (secondary N) is 3. The molecule has 0 aromatic rings. The summed E-state index contributed by atoms with van der Waals surface area (Å²) in [6.07, 6.45) is 2.13. The molecule has 0 spiro atoms. The number of carboxylic acids is 1. The Morgan fingerprint density at radius 3 is 1.93 bits per heavy atom. The van der Waals surface area contributed by atoms with Gasteiger partial charge in [-0.1, -0.05) is 27.7 Å². The highest BCUT2D eigenvalue weighted by Crippen LogP contribution is 2.06. The van der Waals surface area contributed by atoms with Crippen molar-refractivity contribution in [2.24, 2.45) is 23.3 Å². The molecule has 0 aromatic heterocycles. The number of nitrogens with two attached hydrogens (primary N) is 2. The Labute approximate surface area is 178 Å². The highest BCUT2D eigenvalue weighted by Gasteiger charge is 2.29. The first-order chi connectivity index (χ1) is 13.9. The highest BCUT2D eigenvalue weighted by atomic mass is 16.4. The molecule has 0 fully saturated rings. The lowest BCUT2D eigenvalue weighted by molar-refractivity contribution is -0.143. The maximum Gasteiger partial charge on any atom is 0.326 e. The molecule has 30 heavy (non-hydrogen) atoms. The molecule has 4 unspecified atom stereocenters. The van der Waals surface area contributed by atoms with Gasteiger partial charge in [-0.3, -0.25) is 14.4 Å². The number of rotatable bonds is 14. The van der Waals surface area contributed by atoms with E-state index in [9.17, 15) is 24.3 Å². The molecule has 0 bridgehead atoms. The van der Waals surface area contributed by atoms with Crippen LogP contribution in [-0.4, -0.2) is 59.5 Å². The molecule has 0 radical (unpaired) electrons. The molecule has 4 atom stereocenters. The standard InChI is InChI=1S/C20H39N5O5/c1-11(2)10-14(22)18(27)24-15(8-6-7-9-21)19(28)23-13(5)17(26)25-16(12(3)4)20(29)30/h11-16H,6-10,21-22H2,1-5H3,(H,23,28)(H,24,27)(H,25,26)(H,29,30). The summed E-state index contributed by atoms with van der Waals surface area (Å²) in [5, 5.41) is 16.8. The monoisotopic (exact) mass is 429 g/mol. The number of aliphatic carboxylic acids is 1. The Bertz CT molecular complexity index is 582. The Kier molecular flexibility index (Phi) is 12.9. The third kappa shape index (κ3) is 10.5. The quantitative estimate of drug-likeness (QED) is 0.205. The summed E-state index contributed by atoms with van der Waals surface area (Å²) in [7, 11) is 0. The molecule has 0 rings (SSSR count). The van der Waals surface area contributed by atoms with E-state index in [2.05, 4.69) is 16.0 Å². The van der Waals surface area contributed by atoms with Crippen molar-refractivity contribution in [2.75, 3.05) is 6.54 Å². The van der Waals surface area contributed by atoms with Crippen LogP contribution in [0, 0.1) is 11.8 Å². The number of hydrogen-bond donors (Lipinski definition) is 6. The van der Waals surface area contributed by atoms with E-state index in [1.54, 1.807) is 13.8 Å². The average molecular weight is 430 g/mol. The van der Waals surface area contributed by atoms with Crippen LogP contribution in [0.2, 0.25) is 0 Å². The summed E-state index contributed by atoms with van der Waals surface area (Å²) >= 11 is 0. The van der Waals surface area contributed by atoms with Crippen LogP contribution in [0.15, 0.2) is 0 Å². The van der Waals surface area contributed by atoms with E-state index in [0.29, 0.717) is 32.2 Å². The number of carboxylic acid groups (broad SMARTS) is 1. The molecule has 3 amide bonds. The van der Waals surface area contributed by atoms with Crippen LogP contribution in [-0.2, 0) is 19.2 Å². The number of carbonyl (C=O) groups excluding carboxylic acids is 3. The van der Waals surface area contributed by atoms with Crippen molar-refractivity contribution in [3.8, 4) is 0 Å². The zero-order valence-corrected chi connectivity index (χ0v) is 18.7. The fraction of sp³-hybridized carbons (Fsp3) is 0.800. The van der Waals surface area contributed by atoms with Crippen molar-refractivity contribution in [3.63, 3.8) is 0 Å². The summed E-state index contributed by atoms with van der Waals surface area (Å²) in [4.78, 5) is 48.6. The van der Waals surface area contributed by atoms with Crippen molar-refractivity contribution in [2.45, 2.75) is 84.5 Å². The second-order valence-corrected chi connectivity index (χ2v) is 8.38. The van der Waals surface area contributed by atoms with Crippen LogP contribution in [0.5, 0.6) is 0 Å². The molecule has 8 N–H and O–H groups in total. The number of carbonyl (C=O) groups is 4. The summed E-state index contributed by atoms with van der Waals surface area (Å²) in [6.45, 7) is 9.15. The Balaban J connectivity index is 5.06. The summed E-state index contributed by atoms with van der Waals surface area (Å²) in [5.41, 5.74) is 11.4. The minimum absolute atomic E-state index is 0.224. The van der Waals surface area contributed by atoms with Crippen molar-refractivity contribution >= 4 is 23.7 Å². The van der Waals surface area contributed by atoms with E-state index >= 15 is 0 Å². The third-order valence-electron chi connectivity index (χ3n) is 4.62. The van der Waals surface area contributed by atoms with Gasteiger partial charge >= 0.3 is 5.97 Å². The molecule has 0 aliphatic heterocycles. The largest absolute Gasteiger partial charge is 0.480 e. The molecule has 0 aliphatic carbocycles. The van der Waals surface area contributed by atoms with Gasteiger partial charge in [0.05, 0.1) is 6.04 Å². The molecule has 0 heterocycles. The SMILES string of the molecule is CC(C)CC(N)C(=O)NC(CCCCN)C(=O)NC(C)C(=O)NC(C(=O)O)C(C)C. The summed E-state index contributed by atoms with van der Waals surface area (Å²) in [5.74, 6) is -2.83. The third-order valence-corrected chi connectivity index (χ3v) is 4.62. The lowest BCUT2D eigenvalue weighted by Gasteiger charge is -2.24. The fourth-order valence-corrected chi connectivity index (χ4v) is 2.83. The molecule has 10 heteroatoms. The molecule has 10 nitrogen and oxygen atoms in total. The zero-order valence-electron chi connectivity index (χ0n) is 18.7. The van der Waals surface area contributed by atoms with Crippen LogP contribution in [0.4, 0.5) is 0 Å². The van der Waals surface area contributed by atoms with Gasteiger partial charge in [-0.25, -0.2) is 4.79 Å². The van der Waals surface area contributed by atoms with Crippen molar-refractivity contribution < 1.29 is 24.3 Å². The van der Waals surface area contributed by atoms with Crippen LogP contribution >= 0.6 is 0 Å². The molecule has 0 saturated heterocycles. The molecular formula is C20H39N5O5. The Morgan fingerprint density at radius 2 is 1.47 bits per heavy atom. The second-order valence-electron chi connectivity index (χ2n) is 8.38. The van der Waals surface area contributed by atoms with Gasteiger partial charge < -0.3 is 32.5 Å². The number of unbranched alkanes of at least 4 members (excludes halogenated alkanes) is 1. The maximum absolute atomic E-state index is 12.7. The minimum Gasteiger partial charge on any atom is -0.480 e. The maximum atomic E-state index is 12.7. The van der Waals surface area contributed by atoms with E-state index < -0.39 is 47.9 Å². The van der Waals surface area contributed by atoms with E-state index in [0.717, 1.165) is 0 Å². The normalized spacial score (nSPS) is 15.2. The lowest BCUT2D eigenvalue weighted by Crippen LogP contribution is -2.56. The van der Waals surface area contributed by atoms with Crippen molar-refractivity contribution in [1.29, 1.82) is 0 Å². The highest BCUT2D eigenvalue weighted by molar-refractivity contribution is 5.93. The van der Waals surface area contributed by atoms with Crippen LogP contribution < -0.4 is 27.4 Å². The second kappa shape index (κ2) is 13.9. The smallest absolute Gasteiger partial charge is 0.326 e. The van der Waals surface area contributed by atoms with E-state index in [1.807, 2.05) is 13.8 Å². The first-order valence-corrected chi connectivity index (χ1v) is 10.5. The van der Waals surface area contributed by atoms with Crippen molar-refractivity contribution in [1.82, 2.24) is 16.0 Å². The van der Waals surface area contributed by atoms with Gasteiger partial charge in [0.2, 0.25) is 17.7 Å². The van der Waals surface area contributed by atoms with Gasteiger partial charge in [0.15, 0.2) is 0 Å².